The van der Waals surface area contributed by atoms with E-state index >= 15 is 0 Å². The van der Waals surface area contributed by atoms with Crippen molar-refractivity contribution in [3.8, 4) is 0 Å². The van der Waals surface area contributed by atoms with Gasteiger partial charge in [-0.05, 0) is 48.7 Å². The Hall–Kier alpha value is -3.78. The largest absolute Gasteiger partial charge is 0.273 e. The molecule has 0 unspecified atom stereocenters. The van der Waals surface area contributed by atoms with E-state index in [1.54, 1.807) is 17.0 Å². The molecule has 7 nitrogen and oxygen atoms in total. The van der Waals surface area contributed by atoms with Crippen LogP contribution in [0, 0.1) is 17.0 Å². The maximum absolute atomic E-state index is 13.2. The normalized spacial score (nSPS) is 17.4. The van der Waals surface area contributed by atoms with E-state index in [0.29, 0.717) is 17.2 Å². The van der Waals surface area contributed by atoms with Crippen LogP contribution in [0.4, 0.5) is 11.4 Å². The molecule has 0 bridgehead atoms. The van der Waals surface area contributed by atoms with E-state index in [0.717, 1.165) is 16.8 Å². The van der Waals surface area contributed by atoms with Gasteiger partial charge in [0.25, 0.3) is 5.69 Å². The van der Waals surface area contributed by atoms with E-state index in [4.69, 9.17) is 0 Å². The quantitative estimate of drug-likeness (QED) is 0.305. The van der Waals surface area contributed by atoms with E-state index in [1.807, 2.05) is 55.5 Å². The monoisotopic (exact) mass is 444 g/mol. The van der Waals surface area contributed by atoms with Gasteiger partial charge in [0.05, 0.1) is 22.1 Å². The van der Waals surface area contributed by atoms with E-state index < -0.39 is 4.92 Å². The molecule has 0 spiro atoms. The molecule has 1 aliphatic heterocycles. The lowest BCUT2D eigenvalue weighted by Gasteiger charge is -2.15. The molecule has 32 heavy (non-hydrogen) atoms. The molecule has 8 heteroatoms. The average Bonchev–Trinajstić information content (AvgIpc) is 3.09. The molecule has 4 rings (SSSR count). The molecule has 3 aromatic carbocycles. The van der Waals surface area contributed by atoms with Crippen molar-refractivity contribution in [3.63, 3.8) is 0 Å². The lowest BCUT2D eigenvalue weighted by molar-refractivity contribution is -0.384. The second kappa shape index (κ2) is 9.57. The summed E-state index contributed by atoms with van der Waals surface area (Å²) in [5, 5.41) is 19.4. The number of hydrogen-bond acceptors (Lipinski definition) is 6. The number of aryl methyl sites for hydroxylation is 1. The number of non-ortho nitro benzene ring substituents is 1. The van der Waals surface area contributed by atoms with Crippen molar-refractivity contribution in [2.45, 2.75) is 18.6 Å². The summed E-state index contributed by atoms with van der Waals surface area (Å²) in [4.78, 5) is 25.2. The summed E-state index contributed by atoms with van der Waals surface area (Å²) >= 11 is 1.39. The molecule has 160 valence electrons. The third-order valence-corrected chi connectivity index (χ3v) is 6.03. The Labute approximate surface area is 189 Å². The molecule has 1 amide bonds. The fourth-order valence-electron chi connectivity index (χ4n) is 3.36. The first-order valence-electron chi connectivity index (χ1n) is 9.98. The highest BCUT2D eigenvalue weighted by Gasteiger charge is 2.39. The Kier molecular flexibility index (Phi) is 6.42. The van der Waals surface area contributed by atoms with Crippen LogP contribution < -0.4 is 4.90 Å². The summed E-state index contributed by atoms with van der Waals surface area (Å²) in [6.07, 6.45) is 2.11. The number of nitro groups is 1. The van der Waals surface area contributed by atoms with Crippen molar-refractivity contribution >= 4 is 40.4 Å². The van der Waals surface area contributed by atoms with Crippen LogP contribution in [-0.4, -0.2) is 27.5 Å². The first-order valence-corrected chi connectivity index (χ1v) is 10.9. The van der Waals surface area contributed by atoms with Gasteiger partial charge in [0.1, 0.15) is 0 Å². The number of hydrogen-bond donors (Lipinski definition) is 0. The number of nitro benzene ring substituents is 1. The Balaban J connectivity index is 1.58. The van der Waals surface area contributed by atoms with Gasteiger partial charge in [0.15, 0.2) is 5.17 Å². The lowest BCUT2D eigenvalue weighted by Crippen LogP contribution is -2.32. The lowest BCUT2D eigenvalue weighted by atomic mass is 10.1. The number of thioether (sulfide) groups is 1. The molecule has 0 aliphatic carbocycles. The number of carbonyl (C=O) groups is 1. The van der Waals surface area contributed by atoms with Crippen molar-refractivity contribution in [1.29, 1.82) is 0 Å². The Morgan fingerprint density at radius 3 is 2.50 bits per heavy atom. The molecule has 1 atom stereocenters. The summed E-state index contributed by atoms with van der Waals surface area (Å²) in [5.74, 6) is -0.0352. The molecular formula is C24H20N4O3S. The van der Waals surface area contributed by atoms with Crippen molar-refractivity contribution in [1.82, 2.24) is 0 Å². The van der Waals surface area contributed by atoms with E-state index in [-0.39, 0.29) is 16.8 Å². The van der Waals surface area contributed by atoms with Crippen molar-refractivity contribution in [2.75, 3.05) is 4.90 Å². The minimum absolute atomic E-state index is 0.0136. The van der Waals surface area contributed by atoms with E-state index in [1.165, 1.54) is 30.1 Å². The Bertz CT molecular complexity index is 1190. The third kappa shape index (κ3) is 4.92. The smallest absolute Gasteiger partial charge is 0.269 e. The second-order valence-electron chi connectivity index (χ2n) is 7.28. The van der Waals surface area contributed by atoms with Crippen LogP contribution in [0.5, 0.6) is 0 Å². The second-order valence-corrected chi connectivity index (χ2v) is 8.45. The zero-order valence-electron chi connectivity index (χ0n) is 17.3. The van der Waals surface area contributed by atoms with Gasteiger partial charge in [-0.2, -0.15) is 5.10 Å². The first kappa shape index (κ1) is 21.5. The summed E-state index contributed by atoms with van der Waals surface area (Å²) in [5.41, 5.74) is 3.68. The molecule has 3 aromatic rings. The van der Waals surface area contributed by atoms with E-state index in [9.17, 15) is 14.9 Å². The first-order chi connectivity index (χ1) is 15.5. The Morgan fingerprint density at radius 2 is 1.81 bits per heavy atom. The van der Waals surface area contributed by atoms with Gasteiger partial charge in [-0.1, -0.05) is 59.8 Å². The van der Waals surface area contributed by atoms with Gasteiger partial charge in [-0.25, -0.2) is 0 Å². The van der Waals surface area contributed by atoms with Crippen LogP contribution in [0.1, 0.15) is 16.7 Å². The van der Waals surface area contributed by atoms with Gasteiger partial charge in [0.2, 0.25) is 5.91 Å². The number of anilines is 1. The highest BCUT2D eigenvalue weighted by atomic mass is 32.2. The van der Waals surface area contributed by atoms with Crippen molar-refractivity contribution in [2.24, 2.45) is 10.2 Å². The zero-order chi connectivity index (χ0) is 22.5. The van der Waals surface area contributed by atoms with Gasteiger partial charge in [0, 0.05) is 12.1 Å². The number of amides is 1. The predicted molar refractivity (Wildman–Crippen MR) is 128 cm³/mol. The van der Waals surface area contributed by atoms with Gasteiger partial charge < -0.3 is 0 Å². The number of carbonyl (C=O) groups excluding carboxylic acids is 1. The molecular weight excluding hydrogens is 424 g/mol. The van der Waals surface area contributed by atoms with Crippen LogP contribution in [0.15, 0.2) is 89.1 Å². The fraction of sp³-hybridized carbons (Fsp3) is 0.125. The van der Waals surface area contributed by atoms with Gasteiger partial charge in [-0.15, -0.1) is 5.10 Å². The minimum atomic E-state index is -0.450. The number of nitrogens with zero attached hydrogens (tertiary/aromatic N) is 4. The van der Waals surface area contributed by atoms with Crippen molar-refractivity contribution in [3.05, 3.63) is 106 Å². The topological polar surface area (TPSA) is 88.2 Å². The van der Waals surface area contributed by atoms with Crippen LogP contribution in [0.3, 0.4) is 0 Å². The van der Waals surface area contributed by atoms with Crippen LogP contribution in [0.2, 0.25) is 0 Å². The summed E-state index contributed by atoms with van der Waals surface area (Å²) in [6.45, 7) is 2.03. The molecule has 0 aromatic heterocycles. The van der Waals surface area contributed by atoms with Gasteiger partial charge >= 0.3 is 0 Å². The zero-order valence-corrected chi connectivity index (χ0v) is 18.1. The molecule has 0 radical (unpaired) electrons. The summed E-state index contributed by atoms with van der Waals surface area (Å²) in [6, 6.07) is 23.5. The third-order valence-electron chi connectivity index (χ3n) is 4.91. The standard InChI is InChI=1S/C24H20N4O3S/c1-17-6-5-7-19(14-17)15-22-23(29)27(20-8-3-2-4-9-20)24(32-22)26-25-16-18-10-12-21(13-11-18)28(30)31/h2-14,16,22H,15H2,1H3/b25-16-,26-24-/t22-/m0/s1. The maximum Gasteiger partial charge on any atom is 0.269 e. The number of benzene rings is 3. The van der Waals surface area contributed by atoms with Crippen LogP contribution in [0.25, 0.3) is 0 Å². The molecule has 1 heterocycles. The number of rotatable bonds is 6. The highest BCUT2D eigenvalue weighted by Crippen LogP contribution is 2.34. The van der Waals surface area contributed by atoms with Gasteiger partial charge in [-0.3, -0.25) is 19.8 Å². The fourth-order valence-corrected chi connectivity index (χ4v) is 4.49. The molecule has 1 saturated heterocycles. The minimum Gasteiger partial charge on any atom is -0.273 e. The van der Waals surface area contributed by atoms with E-state index in [2.05, 4.69) is 16.3 Å². The van der Waals surface area contributed by atoms with Crippen LogP contribution >= 0.6 is 11.8 Å². The Morgan fingerprint density at radius 1 is 1.06 bits per heavy atom. The number of para-hydroxylation sites is 1. The highest BCUT2D eigenvalue weighted by molar-refractivity contribution is 8.16. The SMILES string of the molecule is Cc1cccc(C[C@@H]2S/C(=N\N=C/c3ccc([N+](=O)[O-])cc3)N(c3ccccc3)C2=O)c1. The molecule has 1 fully saturated rings. The molecule has 1 aliphatic rings. The molecule has 0 N–H and O–H groups in total. The number of amidine groups is 1. The maximum atomic E-state index is 13.2. The summed E-state index contributed by atoms with van der Waals surface area (Å²) in [7, 11) is 0. The summed E-state index contributed by atoms with van der Waals surface area (Å²) < 4.78 is 0. The molecule has 0 saturated carbocycles. The van der Waals surface area contributed by atoms with Crippen LogP contribution in [-0.2, 0) is 11.2 Å². The van der Waals surface area contributed by atoms with Crippen molar-refractivity contribution < 1.29 is 9.72 Å². The predicted octanol–water partition coefficient (Wildman–Crippen LogP) is 4.98. The average molecular weight is 445 g/mol.